The Bertz CT molecular complexity index is 334. The molecular formula is C11H15ClN2. The second-order valence-corrected chi connectivity index (χ2v) is 3.57. The minimum Gasteiger partial charge on any atom is -0.313 e. The predicted octanol–water partition coefficient (Wildman–Crippen LogP) is 2.76. The molecule has 14 heavy (non-hydrogen) atoms. The molecule has 1 rings (SSSR count). The average Bonchev–Trinajstić information content (AvgIpc) is 2.20. The molecule has 2 nitrogen and oxygen atoms in total. The maximum atomic E-state index is 7.28. The first-order valence-corrected chi connectivity index (χ1v) is 5.07. The fourth-order valence-corrected chi connectivity index (χ4v) is 1.56. The van der Waals surface area contributed by atoms with Gasteiger partial charge in [0, 0.05) is 17.8 Å². The molecule has 0 aliphatic carbocycles. The van der Waals surface area contributed by atoms with E-state index in [0.717, 1.165) is 34.8 Å². The summed E-state index contributed by atoms with van der Waals surface area (Å²) < 4.78 is 0. The van der Waals surface area contributed by atoms with Crippen molar-refractivity contribution in [1.29, 1.82) is 5.41 Å². The number of hydrogen-bond acceptors (Lipinski definition) is 2. The van der Waals surface area contributed by atoms with Crippen LogP contribution in [0.5, 0.6) is 0 Å². The quantitative estimate of drug-likeness (QED) is 0.737. The van der Waals surface area contributed by atoms with E-state index in [0.29, 0.717) is 0 Å². The van der Waals surface area contributed by atoms with E-state index in [1.54, 1.807) is 0 Å². The number of aryl methyl sites for hydroxylation is 1. The van der Waals surface area contributed by atoms with E-state index >= 15 is 0 Å². The second kappa shape index (κ2) is 5.13. The van der Waals surface area contributed by atoms with Gasteiger partial charge in [-0.05, 0) is 30.2 Å². The molecule has 0 fully saturated rings. The minimum absolute atomic E-state index is 0.724. The van der Waals surface area contributed by atoms with Gasteiger partial charge in [0.1, 0.15) is 0 Å². The van der Waals surface area contributed by atoms with E-state index in [1.165, 1.54) is 6.21 Å². The molecular weight excluding hydrogens is 196 g/mol. The van der Waals surface area contributed by atoms with Crippen LogP contribution < -0.4 is 5.32 Å². The molecule has 76 valence electrons. The van der Waals surface area contributed by atoms with Crippen molar-refractivity contribution in [3.63, 3.8) is 0 Å². The van der Waals surface area contributed by atoms with Crippen molar-refractivity contribution in [1.82, 2.24) is 5.32 Å². The third-order valence-corrected chi connectivity index (χ3v) is 2.71. The number of hydrogen-bond donors (Lipinski definition) is 2. The molecule has 1 aromatic rings. The van der Waals surface area contributed by atoms with Gasteiger partial charge in [0.2, 0.25) is 0 Å². The van der Waals surface area contributed by atoms with Gasteiger partial charge >= 0.3 is 0 Å². The SMILES string of the molecule is CCNCc1c(C=N)ccc(C)c1Cl. The van der Waals surface area contributed by atoms with Crippen molar-refractivity contribution in [3.8, 4) is 0 Å². The smallest absolute Gasteiger partial charge is 0.0486 e. The highest BCUT2D eigenvalue weighted by atomic mass is 35.5. The molecule has 0 radical (unpaired) electrons. The second-order valence-electron chi connectivity index (χ2n) is 3.19. The van der Waals surface area contributed by atoms with E-state index in [9.17, 15) is 0 Å². The van der Waals surface area contributed by atoms with E-state index in [4.69, 9.17) is 17.0 Å². The van der Waals surface area contributed by atoms with E-state index < -0.39 is 0 Å². The summed E-state index contributed by atoms with van der Waals surface area (Å²) in [6.07, 6.45) is 1.35. The maximum Gasteiger partial charge on any atom is 0.0486 e. The third kappa shape index (κ3) is 2.34. The summed E-state index contributed by atoms with van der Waals surface area (Å²) in [7, 11) is 0. The van der Waals surface area contributed by atoms with Gasteiger partial charge in [0.25, 0.3) is 0 Å². The van der Waals surface area contributed by atoms with Gasteiger partial charge in [-0.1, -0.05) is 30.7 Å². The number of halogens is 1. The lowest BCUT2D eigenvalue weighted by Gasteiger charge is -2.10. The summed E-state index contributed by atoms with van der Waals surface area (Å²) >= 11 is 6.17. The molecule has 0 aliphatic rings. The Hall–Kier alpha value is -0.860. The first-order valence-electron chi connectivity index (χ1n) is 4.69. The molecule has 0 aromatic heterocycles. The van der Waals surface area contributed by atoms with Crippen LogP contribution in [0.1, 0.15) is 23.6 Å². The Kier molecular flexibility index (Phi) is 4.11. The molecule has 1 aromatic carbocycles. The van der Waals surface area contributed by atoms with E-state index in [2.05, 4.69) is 5.32 Å². The standard InChI is InChI=1S/C11H15ClN2/c1-3-14-7-10-9(6-13)5-4-8(2)11(10)12/h4-6,13-14H,3,7H2,1-2H3. The van der Waals surface area contributed by atoms with Gasteiger partial charge < -0.3 is 10.7 Å². The van der Waals surface area contributed by atoms with Gasteiger partial charge in [-0.25, -0.2) is 0 Å². The first-order chi connectivity index (χ1) is 6.70. The van der Waals surface area contributed by atoms with Crippen LogP contribution in [-0.2, 0) is 6.54 Å². The lowest BCUT2D eigenvalue weighted by atomic mass is 10.0. The van der Waals surface area contributed by atoms with Crippen molar-refractivity contribution in [2.24, 2.45) is 0 Å². The molecule has 3 heteroatoms. The summed E-state index contributed by atoms with van der Waals surface area (Å²) in [5.74, 6) is 0. The van der Waals surface area contributed by atoms with Gasteiger partial charge in [0.15, 0.2) is 0 Å². The largest absolute Gasteiger partial charge is 0.313 e. The van der Waals surface area contributed by atoms with Crippen molar-refractivity contribution in [3.05, 3.63) is 33.8 Å². The highest BCUT2D eigenvalue weighted by Gasteiger charge is 2.07. The Morgan fingerprint density at radius 3 is 2.79 bits per heavy atom. The highest BCUT2D eigenvalue weighted by molar-refractivity contribution is 6.32. The fraction of sp³-hybridized carbons (Fsp3) is 0.364. The van der Waals surface area contributed by atoms with Crippen LogP contribution in [0.25, 0.3) is 0 Å². The molecule has 0 aliphatic heterocycles. The average molecular weight is 211 g/mol. The van der Waals surface area contributed by atoms with Crippen LogP contribution in [0.4, 0.5) is 0 Å². The molecule has 0 saturated carbocycles. The van der Waals surface area contributed by atoms with Gasteiger partial charge in [-0.2, -0.15) is 0 Å². The van der Waals surface area contributed by atoms with Gasteiger partial charge in [-0.15, -0.1) is 0 Å². The zero-order valence-electron chi connectivity index (χ0n) is 8.52. The van der Waals surface area contributed by atoms with E-state index in [-0.39, 0.29) is 0 Å². The Morgan fingerprint density at radius 1 is 1.50 bits per heavy atom. The zero-order valence-corrected chi connectivity index (χ0v) is 9.28. The van der Waals surface area contributed by atoms with Crippen molar-refractivity contribution >= 4 is 17.8 Å². The van der Waals surface area contributed by atoms with Crippen LogP contribution in [0, 0.1) is 12.3 Å². The summed E-state index contributed by atoms with van der Waals surface area (Å²) in [6.45, 7) is 5.66. The Balaban J connectivity index is 3.07. The first kappa shape index (κ1) is 11.2. The Labute approximate surface area is 89.8 Å². The minimum atomic E-state index is 0.724. The van der Waals surface area contributed by atoms with Crippen LogP contribution in [0.15, 0.2) is 12.1 Å². The predicted molar refractivity (Wildman–Crippen MR) is 61.5 cm³/mol. The molecule has 0 spiro atoms. The lowest BCUT2D eigenvalue weighted by molar-refractivity contribution is 0.726. The summed E-state index contributed by atoms with van der Waals surface area (Å²) in [4.78, 5) is 0. The number of rotatable bonds is 4. The molecule has 2 N–H and O–H groups in total. The van der Waals surface area contributed by atoms with Crippen LogP contribution in [0.3, 0.4) is 0 Å². The van der Waals surface area contributed by atoms with Crippen LogP contribution in [-0.4, -0.2) is 12.8 Å². The summed E-state index contributed by atoms with van der Waals surface area (Å²) in [5, 5.41) is 11.3. The fourth-order valence-electron chi connectivity index (χ4n) is 1.32. The molecule has 0 bridgehead atoms. The monoisotopic (exact) mass is 210 g/mol. The van der Waals surface area contributed by atoms with Crippen molar-refractivity contribution in [2.75, 3.05) is 6.54 Å². The van der Waals surface area contributed by atoms with Gasteiger partial charge in [-0.3, -0.25) is 0 Å². The normalized spacial score (nSPS) is 10.2. The third-order valence-electron chi connectivity index (χ3n) is 2.18. The van der Waals surface area contributed by atoms with Crippen molar-refractivity contribution in [2.45, 2.75) is 20.4 Å². The topological polar surface area (TPSA) is 35.9 Å². The highest BCUT2D eigenvalue weighted by Crippen LogP contribution is 2.23. The number of benzene rings is 1. The molecule has 0 amide bonds. The van der Waals surface area contributed by atoms with Crippen molar-refractivity contribution < 1.29 is 0 Å². The molecule has 0 atom stereocenters. The van der Waals surface area contributed by atoms with Crippen LogP contribution >= 0.6 is 11.6 Å². The Morgan fingerprint density at radius 2 is 2.21 bits per heavy atom. The molecule has 0 unspecified atom stereocenters. The number of nitrogens with one attached hydrogen (secondary N) is 2. The molecule has 0 saturated heterocycles. The van der Waals surface area contributed by atoms with Gasteiger partial charge in [0.05, 0.1) is 0 Å². The van der Waals surface area contributed by atoms with Crippen LogP contribution in [0.2, 0.25) is 5.02 Å². The lowest BCUT2D eigenvalue weighted by Crippen LogP contribution is -2.14. The summed E-state index contributed by atoms with van der Waals surface area (Å²) in [6, 6.07) is 3.87. The van der Waals surface area contributed by atoms with E-state index in [1.807, 2.05) is 26.0 Å². The summed E-state index contributed by atoms with van der Waals surface area (Å²) in [5.41, 5.74) is 2.97. The maximum absolute atomic E-state index is 7.28. The zero-order chi connectivity index (χ0) is 10.6. The molecule has 0 heterocycles.